The van der Waals surface area contributed by atoms with E-state index in [2.05, 4.69) is 0 Å². The minimum Gasteiger partial charge on any atom is -0.478 e. The Bertz CT molecular complexity index is 399. The predicted molar refractivity (Wildman–Crippen MR) is 46.7 cm³/mol. The molecule has 2 aromatic heterocycles. The highest BCUT2D eigenvalue weighted by Gasteiger charge is 2.10. The maximum Gasteiger partial charge on any atom is 0.337 e. The van der Waals surface area contributed by atoms with Gasteiger partial charge >= 0.3 is 5.97 Å². The lowest BCUT2D eigenvalue weighted by atomic mass is 10.2. The summed E-state index contributed by atoms with van der Waals surface area (Å²) in [6.07, 6.45) is 0. The largest absolute Gasteiger partial charge is 0.478 e. The topological polar surface area (TPSA) is 37.3 Å². The Balaban J connectivity index is 2.78. The monoisotopic (exact) mass is 184 g/mol. The zero-order valence-corrected chi connectivity index (χ0v) is 7.04. The van der Waals surface area contributed by atoms with Gasteiger partial charge in [0.1, 0.15) is 0 Å². The number of aromatic carboxylic acids is 1. The van der Waals surface area contributed by atoms with Crippen LogP contribution in [-0.2, 0) is 0 Å². The Morgan fingerprint density at radius 3 is 2.91 bits per heavy atom. The molecule has 2 aromatic rings. The fraction of sp³-hybridized carbons (Fsp3) is 0. The Hall–Kier alpha value is -0.870. The molecule has 0 aliphatic heterocycles. The van der Waals surface area contributed by atoms with E-state index in [1.54, 1.807) is 5.38 Å². The summed E-state index contributed by atoms with van der Waals surface area (Å²) in [4.78, 5) is 10.6. The summed E-state index contributed by atoms with van der Waals surface area (Å²) in [5.41, 5.74) is 0.422. The van der Waals surface area contributed by atoms with Crippen LogP contribution in [-0.4, -0.2) is 11.1 Å². The van der Waals surface area contributed by atoms with Crippen molar-refractivity contribution in [2.24, 2.45) is 0 Å². The van der Waals surface area contributed by atoms with Crippen molar-refractivity contribution in [2.75, 3.05) is 0 Å². The van der Waals surface area contributed by atoms with Gasteiger partial charge in [0, 0.05) is 26.2 Å². The minimum absolute atomic E-state index is 0.422. The van der Waals surface area contributed by atoms with Gasteiger partial charge in [-0.15, -0.1) is 11.3 Å². The van der Waals surface area contributed by atoms with E-state index >= 15 is 0 Å². The zero-order chi connectivity index (χ0) is 7.84. The van der Waals surface area contributed by atoms with Gasteiger partial charge in [0.15, 0.2) is 0 Å². The van der Waals surface area contributed by atoms with Crippen molar-refractivity contribution in [3.8, 4) is 0 Å². The van der Waals surface area contributed by atoms with Crippen LogP contribution < -0.4 is 0 Å². The van der Waals surface area contributed by atoms with E-state index in [1.807, 2.05) is 10.8 Å². The Morgan fingerprint density at radius 2 is 2.18 bits per heavy atom. The van der Waals surface area contributed by atoms with E-state index < -0.39 is 5.97 Å². The molecule has 0 radical (unpaired) electrons. The van der Waals surface area contributed by atoms with Crippen LogP contribution in [0.25, 0.3) is 10.1 Å². The highest BCUT2D eigenvalue weighted by Crippen LogP contribution is 2.28. The molecule has 0 saturated heterocycles. The first kappa shape index (κ1) is 6.82. The third kappa shape index (κ3) is 0.948. The molecule has 2 rings (SSSR count). The van der Waals surface area contributed by atoms with Crippen LogP contribution in [0.15, 0.2) is 16.1 Å². The molecule has 0 bridgehead atoms. The van der Waals surface area contributed by atoms with Gasteiger partial charge in [0.25, 0.3) is 0 Å². The number of carbonyl (C=O) groups is 1. The SMILES string of the molecule is O=C(O)c1csc2cscc12. The van der Waals surface area contributed by atoms with Crippen molar-refractivity contribution < 1.29 is 9.90 Å². The molecule has 0 unspecified atom stereocenters. The van der Waals surface area contributed by atoms with Crippen molar-refractivity contribution >= 4 is 38.7 Å². The average molecular weight is 184 g/mol. The average Bonchev–Trinajstić information content (AvgIpc) is 2.41. The predicted octanol–water partition coefficient (Wildman–Crippen LogP) is 2.66. The van der Waals surface area contributed by atoms with Crippen LogP contribution in [0.1, 0.15) is 10.4 Å². The van der Waals surface area contributed by atoms with Crippen LogP contribution in [0.3, 0.4) is 0 Å². The van der Waals surface area contributed by atoms with Crippen LogP contribution in [0.5, 0.6) is 0 Å². The fourth-order valence-electron chi connectivity index (χ4n) is 0.924. The fourth-order valence-corrected chi connectivity index (χ4v) is 2.86. The summed E-state index contributed by atoms with van der Waals surface area (Å²) >= 11 is 3.02. The minimum atomic E-state index is -0.838. The second kappa shape index (κ2) is 2.32. The molecule has 2 heterocycles. The molecule has 1 N–H and O–H groups in total. The van der Waals surface area contributed by atoms with Gasteiger partial charge in [0.2, 0.25) is 0 Å². The number of rotatable bonds is 1. The van der Waals surface area contributed by atoms with Gasteiger partial charge in [-0.05, 0) is 0 Å². The van der Waals surface area contributed by atoms with Gasteiger partial charge in [-0.25, -0.2) is 4.79 Å². The van der Waals surface area contributed by atoms with Gasteiger partial charge in [0.05, 0.1) is 5.56 Å². The molecule has 0 spiro atoms. The summed E-state index contributed by atoms with van der Waals surface area (Å²) < 4.78 is 1.06. The van der Waals surface area contributed by atoms with E-state index in [0.29, 0.717) is 5.56 Å². The first-order valence-corrected chi connectivity index (χ1v) is 4.78. The molecular weight excluding hydrogens is 180 g/mol. The third-order valence-electron chi connectivity index (χ3n) is 1.45. The van der Waals surface area contributed by atoms with Gasteiger partial charge in [-0.3, -0.25) is 0 Å². The molecule has 0 aliphatic carbocycles. The molecule has 4 heteroatoms. The Morgan fingerprint density at radius 1 is 1.36 bits per heavy atom. The van der Waals surface area contributed by atoms with E-state index in [4.69, 9.17) is 5.11 Å². The van der Waals surface area contributed by atoms with E-state index in [-0.39, 0.29) is 0 Å². The summed E-state index contributed by atoms with van der Waals surface area (Å²) in [5, 5.41) is 15.1. The molecule has 56 valence electrons. The standard InChI is InChI=1S/C7H4O2S2/c8-7(9)5-2-11-6-3-10-1-4(5)6/h1-3H,(H,8,9). The van der Waals surface area contributed by atoms with Crippen molar-refractivity contribution in [3.05, 3.63) is 21.7 Å². The number of hydrogen-bond donors (Lipinski definition) is 1. The Kier molecular flexibility index (Phi) is 1.44. The third-order valence-corrected chi connectivity index (χ3v) is 3.29. The second-order valence-electron chi connectivity index (χ2n) is 2.10. The van der Waals surface area contributed by atoms with Crippen LogP contribution >= 0.6 is 22.7 Å². The van der Waals surface area contributed by atoms with E-state index in [9.17, 15) is 4.79 Å². The number of carboxylic acid groups (broad SMARTS) is 1. The van der Waals surface area contributed by atoms with Gasteiger partial charge in [-0.2, -0.15) is 11.3 Å². The first-order valence-electron chi connectivity index (χ1n) is 2.95. The van der Waals surface area contributed by atoms with E-state index in [1.165, 1.54) is 22.7 Å². The van der Waals surface area contributed by atoms with Crippen LogP contribution in [0, 0.1) is 0 Å². The molecule has 0 amide bonds. The lowest BCUT2D eigenvalue weighted by molar-refractivity contribution is 0.0699. The quantitative estimate of drug-likeness (QED) is 0.739. The van der Waals surface area contributed by atoms with E-state index in [0.717, 1.165) is 10.1 Å². The van der Waals surface area contributed by atoms with Crippen molar-refractivity contribution in [3.63, 3.8) is 0 Å². The van der Waals surface area contributed by atoms with Gasteiger partial charge < -0.3 is 5.11 Å². The maximum atomic E-state index is 10.6. The summed E-state index contributed by atoms with van der Waals surface area (Å²) in [6, 6.07) is 0. The lowest BCUT2D eigenvalue weighted by Crippen LogP contribution is -1.92. The van der Waals surface area contributed by atoms with Crippen molar-refractivity contribution in [1.82, 2.24) is 0 Å². The lowest BCUT2D eigenvalue weighted by Gasteiger charge is -1.83. The number of thiophene rings is 2. The summed E-state index contributed by atoms with van der Waals surface area (Å²) in [5.74, 6) is -0.838. The highest BCUT2D eigenvalue weighted by molar-refractivity contribution is 7.21. The number of fused-ring (bicyclic) bond motifs is 1. The maximum absolute atomic E-state index is 10.6. The molecular formula is C7H4O2S2. The molecule has 2 nitrogen and oxygen atoms in total. The van der Waals surface area contributed by atoms with Crippen molar-refractivity contribution in [2.45, 2.75) is 0 Å². The molecule has 0 fully saturated rings. The normalized spacial score (nSPS) is 10.5. The van der Waals surface area contributed by atoms with Crippen molar-refractivity contribution in [1.29, 1.82) is 0 Å². The second-order valence-corrected chi connectivity index (χ2v) is 3.76. The Labute approximate surface area is 70.7 Å². The smallest absolute Gasteiger partial charge is 0.337 e. The summed E-state index contributed by atoms with van der Waals surface area (Å²) in [7, 11) is 0. The molecule has 0 atom stereocenters. The zero-order valence-electron chi connectivity index (χ0n) is 5.40. The van der Waals surface area contributed by atoms with Crippen LogP contribution in [0.2, 0.25) is 0 Å². The number of carboxylic acids is 1. The molecule has 0 aliphatic rings. The van der Waals surface area contributed by atoms with Crippen LogP contribution in [0.4, 0.5) is 0 Å². The molecule has 11 heavy (non-hydrogen) atoms. The highest BCUT2D eigenvalue weighted by atomic mass is 32.1. The summed E-state index contributed by atoms with van der Waals surface area (Å²) in [6.45, 7) is 0. The molecule has 0 aromatic carbocycles. The first-order chi connectivity index (χ1) is 5.29. The number of hydrogen-bond acceptors (Lipinski definition) is 3. The van der Waals surface area contributed by atoms with Gasteiger partial charge in [-0.1, -0.05) is 0 Å². The molecule has 0 saturated carbocycles.